The van der Waals surface area contributed by atoms with Gasteiger partial charge in [-0.15, -0.1) is 11.8 Å². The lowest BCUT2D eigenvalue weighted by molar-refractivity contribution is -0.161. The third-order valence-electron chi connectivity index (χ3n) is 3.78. The van der Waals surface area contributed by atoms with Crippen LogP contribution in [0.2, 0.25) is 0 Å². The maximum absolute atomic E-state index is 11.3. The Morgan fingerprint density at radius 2 is 2.08 bits per heavy atom. The number of hydrogen-bond donors (Lipinski definition) is 0. The number of ether oxygens (including phenoxy) is 3. The lowest BCUT2D eigenvalue weighted by Gasteiger charge is -2.22. The van der Waals surface area contributed by atoms with Gasteiger partial charge in [-0.3, -0.25) is 9.59 Å². The lowest BCUT2D eigenvalue weighted by Crippen LogP contribution is -2.23. The summed E-state index contributed by atoms with van der Waals surface area (Å²) in [5, 5.41) is 0. The Hall–Kier alpha value is -1.37. The van der Waals surface area contributed by atoms with Crippen molar-refractivity contribution in [2.24, 2.45) is 0 Å². The number of carbonyl (C=O) groups is 2. The first-order valence-corrected chi connectivity index (χ1v) is 9.72. The Morgan fingerprint density at radius 3 is 2.84 bits per heavy atom. The largest absolute Gasteiger partial charge is 0.464 e. The van der Waals surface area contributed by atoms with Crippen LogP contribution in [0.15, 0.2) is 29.2 Å². The van der Waals surface area contributed by atoms with Gasteiger partial charge in [0.1, 0.15) is 18.8 Å². The first-order chi connectivity index (χ1) is 12.1. The summed E-state index contributed by atoms with van der Waals surface area (Å²) in [6, 6.07) is 8.17. The fourth-order valence-corrected chi connectivity index (χ4v) is 3.47. The van der Waals surface area contributed by atoms with Crippen LogP contribution in [0.4, 0.5) is 0 Å². The summed E-state index contributed by atoms with van der Waals surface area (Å²) in [6.45, 7) is 3.11. The molecule has 1 heterocycles. The molecule has 2 rings (SSSR count). The molecule has 0 saturated carbocycles. The molecule has 0 aromatic heterocycles. The van der Waals surface area contributed by atoms with E-state index < -0.39 is 5.97 Å². The third kappa shape index (κ3) is 8.03. The Labute approximate surface area is 153 Å². The minimum absolute atomic E-state index is 0.0609. The highest BCUT2D eigenvalue weighted by molar-refractivity contribution is 7.99. The van der Waals surface area contributed by atoms with Crippen molar-refractivity contribution in [2.45, 2.75) is 50.2 Å². The fourth-order valence-electron chi connectivity index (χ4n) is 2.56. The summed E-state index contributed by atoms with van der Waals surface area (Å²) in [5.74, 6) is 0.0278. The third-order valence-corrected chi connectivity index (χ3v) is 4.86. The van der Waals surface area contributed by atoms with E-state index in [9.17, 15) is 9.59 Å². The van der Waals surface area contributed by atoms with Crippen LogP contribution in [0.1, 0.15) is 38.2 Å². The van der Waals surface area contributed by atoms with Crippen LogP contribution in [0.25, 0.3) is 0 Å². The summed E-state index contributed by atoms with van der Waals surface area (Å²) in [5.41, 5.74) is 1.22. The van der Waals surface area contributed by atoms with E-state index in [0.29, 0.717) is 19.0 Å². The average Bonchev–Trinajstić information content (AvgIpc) is 2.60. The molecule has 6 heteroatoms. The van der Waals surface area contributed by atoms with Crippen LogP contribution >= 0.6 is 11.8 Å². The molecule has 1 aromatic rings. The van der Waals surface area contributed by atoms with E-state index in [2.05, 4.69) is 12.1 Å². The number of rotatable bonds is 10. The number of ketones is 1. The molecule has 0 aliphatic carbocycles. The van der Waals surface area contributed by atoms with Crippen molar-refractivity contribution < 1.29 is 23.8 Å². The van der Waals surface area contributed by atoms with Crippen LogP contribution in [0.5, 0.6) is 0 Å². The first kappa shape index (κ1) is 19.9. The number of thioether (sulfide) groups is 1. The van der Waals surface area contributed by atoms with E-state index in [0.717, 1.165) is 25.9 Å². The zero-order chi connectivity index (χ0) is 17.9. The van der Waals surface area contributed by atoms with Gasteiger partial charge in [0.05, 0.1) is 6.61 Å². The molecule has 0 amide bonds. The molecular formula is C19H26O5S. The Morgan fingerprint density at radius 1 is 1.24 bits per heavy atom. The molecule has 0 spiro atoms. The highest BCUT2D eigenvalue weighted by Gasteiger charge is 2.14. The molecule has 0 radical (unpaired) electrons. The van der Waals surface area contributed by atoms with Gasteiger partial charge in [-0.05, 0) is 44.2 Å². The fraction of sp³-hybridized carbons (Fsp3) is 0.579. The molecule has 1 aliphatic rings. The predicted octanol–water partition coefficient (Wildman–Crippen LogP) is 3.39. The standard InChI is InChI=1S/C19H26O5S/c1-15(20)14-18(21)22-12-13-25-17-7-3-2-6-16(17)9-11-24-19-8-4-5-10-23-19/h2-3,6-7,19H,4-5,8-14H2,1H3. The molecule has 138 valence electrons. The highest BCUT2D eigenvalue weighted by atomic mass is 32.2. The zero-order valence-electron chi connectivity index (χ0n) is 14.7. The second-order valence-electron chi connectivity index (χ2n) is 5.97. The summed E-state index contributed by atoms with van der Waals surface area (Å²) in [6.07, 6.45) is 3.88. The van der Waals surface area contributed by atoms with Crippen molar-refractivity contribution in [2.75, 3.05) is 25.6 Å². The van der Waals surface area contributed by atoms with Gasteiger partial charge in [0, 0.05) is 17.3 Å². The molecule has 5 nitrogen and oxygen atoms in total. The zero-order valence-corrected chi connectivity index (χ0v) is 15.5. The highest BCUT2D eigenvalue weighted by Crippen LogP contribution is 2.23. The lowest BCUT2D eigenvalue weighted by atomic mass is 10.1. The van der Waals surface area contributed by atoms with Crippen molar-refractivity contribution in [1.29, 1.82) is 0 Å². The molecular weight excluding hydrogens is 340 g/mol. The molecule has 1 aliphatic heterocycles. The van der Waals surface area contributed by atoms with E-state index in [4.69, 9.17) is 14.2 Å². The van der Waals surface area contributed by atoms with E-state index in [1.165, 1.54) is 23.8 Å². The van der Waals surface area contributed by atoms with Crippen molar-refractivity contribution in [1.82, 2.24) is 0 Å². The van der Waals surface area contributed by atoms with E-state index in [1.807, 2.05) is 12.1 Å². The van der Waals surface area contributed by atoms with Crippen LogP contribution in [0, 0.1) is 0 Å². The van der Waals surface area contributed by atoms with Crippen LogP contribution in [-0.2, 0) is 30.2 Å². The van der Waals surface area contributed by atoms with Gasteiger partial charge in [-0.25, -0.2) is 0 Å². The van der Waals surface area contributed by atoms with Gasteiger partial charge in [-0.1, -0.05) is 18.2 Å². The van der Waals surface area contributed by atoms with Crippen molar-refractivity contribution in [3.8, 4) is 0 Å². The number of esters is 1. The van der Waals surface area contributed by atoms with Crippen molar-refractivity contribution in [3.05, 3.63) is 29.8 Å². The molecule has 25 heavy (non-hydrogen) atoms. The SMILES string of the molecule is CC(=O)CC(=O)OCCSc1ccccc1CCOC1CCCCO1. The quantitative estimate of drug-likeness (QED) is 0.274. The normalized spacial score (nSPS) is 17.2. The summed E-state index contributed by atoms with van der Waals surface area (Å²) >= 11 is 1.64. The van der Waals surface area contributed by atoms with Gasteiger partial charge in [0.15, 0.2) is 6.29 Å². The van der Waals surface area contributed by atoms with Gasteiger partial charge in [-0.2, -0.15) is 0 Å². The van der Waals surface area contributed by atoms with E-state index in [1.54, 1.807) is 11.8 Å². The molecule has 1 unspecified atom stereocenters. The summed E-state index contributed by atoms with van der Waals surface area (Å²) in [7, 11) is 0. The minimum atomic E-state index is -0.456. The summed E-state index contributed by atoms with van der Waals surface area (Å²) in [4.78, 5) is 23.3. The second kappa shape index (κ2) is 11.3. The van der Waals surface area contributed by atoms with Gasteiger partial charge in [0.25, 0.3) is 0 Å². The van der Waals surface area contributed by atoms with Crippen LogP contribution in [0.3, 0.4) is 0 Å². The van der Waals surface area contributed by atoms with Crippen molar-refractivity contribution in [3.63, 3.8) is 0 Å². The monoisotopic (exact) mass is 366 g/mol. The van der Waals surface area contributed by atoms with Crippen LogP contribution < -0.4 is 0 Å². The molecule has 1 saturated heterocycles. The number of carbonyl (C=O) groups excluding carboxylic acids is 2. The number of Topliss-reactive ketones (excluding diaryl/α,β-unsaturated/α-hetero) is 1. The maximum Gasteiger partial charge on any atom is 0.313 e. The number of hydrogen-bond acceptors (Lipinski definition) is 6. The number of benzene rings is 1. The molecule has 0 bridgehead atoms. The molecule has 1 atom stereocenters. The topological polar surface area (TPSA) is 61.8 Å². The predicted molar refractivity (Wildman–Crippen MR) is 96.7 cm³/mol. The molecule has 1 fully saturated rings. The smallest absolute Gasteiger partial charge is 0.313 e. The van der Waals surface area contributed by atoms with Crippen molar-refractivity contribution >= 4 is 23.5 Å². The molecule has 0 N–H and O–H groups in total. The van der Waals surface area contributed by atoms with Gasteiger partial charge >= 0.3 is 5.97 Å². The first-order valence-electron chi connectivity index (χ1n) is 8.74. The second-order valence-corrected chi connectivity index (χ2v) is 7.11. The average molecular weight is 366 g/mol. The van der Waals surface area contributed by atoms with E-state index in [-0.39, 0.29) is 18.5 Å². The van der Waals surface area contributed by atoms with Crippen LogP contribution in [-0.4, -0.2) is 43.6 Å². The maximum atomic E-state index is 11.3. The Bertz CT molecular complexity index is 555. The van der Waals surface area contributed by atoms with Gasteiger partial charge < -0.3 is 14.2 Å². The summed E-state index contributed by atoms with van der Waals surface area (Å²) < 4.78 is 16.4. The van der Waals surface area contributed by atoms with Gasteiger partial charge in [0.2, 0.25) is 0 Å². The minimum Gasteiger partial charge on any atom is -0.464 e. The van der Waals surface area contributed by atoms with E-state index >= 15 is 0 Å². The molecule has 1 aromatic carbocycles. The Kier molecular flexibility index (Phi) is 9.00. The Balaban J connectivity index is 1.70.